The zero-order chi connectivity index (χ0) is 11.0. The maximum Gasteiger partial charge on any atom is 0.124 e. The second-order valence-electron chi connectivity index (χ2n) is 3.83. The molecular weight excluding hydrogens is 279 g/mol. The Morgan fingerprint density at radius 3 is 3.00 bits per heavy atom. The fraction of sp³-hybridized carbons (Fsp3) is 0.455. The van der Waals surface area contributed by atoms with Gasteiger partial charge in [0.2, 0.25) is 0 Å². The average molecular weight is 291 g/mol. The molecule has 0 radical (unpaired) electrons. The number of aliphatic hydroxyl groups is 1. The maximum absolute atomic E-state index is 13.2. The molecule has 4 heteroatoms. The van der Waals surface area contributed by atoms with Crippen molar-refractivity contribution in [3.63, 3.8) is 0 Å². The van der Waals surface area contributed by atoms with Crippen LogP contribution in [0.4, 0.5) is 4.39 Å². The fourth-order valence-corrected chi connectivity index (χ4v) is 3.67. The van der Waals surface area contributed by atoms with E-state index < -0.39 is 6.10 Å². The van der Waals surface area contributed by atoms with Crippen molar-refractivity contribution >= 4 is 27.7 Å². The van der Waals surface area contributed by atoms with Crippen LogP contribution in [0.3, 0.4) is 0 Å². The van der Waals surface area contributed by atoms with Crippen molar-refractivity contribution in [1.29, 1.82) is 0 Å². The summed E-state index contributed by atoms with van der Waals surface area (Å²) in [6.07, 6.45) is 0.144. The van der Waals surface area contributed by atoms with Crippen LogP contribution in [0.25, 0.3) is 0 Å². The van der Waals surface area contributed by atoms with Gasteiger partial charge in [-0.25, -0.2) is 4.39 Å². The molecule has 0 aliphatic carbocycles. The summed E-state index contributed by atoms with van der Waals surface area (Å²) in [7, 11) is 0. The molecule has 15 heavy (non-hydrogen) atoms. The van der Waals surface area contributed by atoms with Gasteiger partial charge in [-0.15, -0.1) is 0 Å². The third-order valence-electron chi connectivity index (χ3n) is 2.62. The van der Waals surface area contributed by atoms with Gasteiger partial charge in [0, 0.05) is 15.5 Å². The summed E-state index contributed by atoms with van der Waals surface area (Å²) in [4.78, 5) is 0. The molecule has 1 aromatic carbocycles. The molecule has 1 N–H and O–H groups in total. The van der Waals surface area contributed by atoms with E-state index in [2.05, 4.69) is 22.9 Å². The van der Waals surface area contributed by atoms with Gasteiger partial charge in [-0.3, -0.25) is 0 Å². The van der Waals surface area contributed by atoms with Crippen LogP contribution in [0, 0.1) is 5.82 Å². The van der Waals surface area contributed by atoms with Crippen LogP contribution in [-0.4, -0.2) is 10.4 Å². The van der Waals surface area contributed by atoms with E-state index >= 15 is 0 Å². The lowest BCUT2D eigenvalue weighted by Gasteiger charge is -2.13. The van der Waals surface area contributed by atoms with Crippen LogP contribution in [0.15, 0.2) is 16.6 Å². The molecule has 0 saturated heterocycles. The zero-order valence-electron chi connectivity index (χ0n) is 8.34. The lowest BCUT2D eigenvalue weighted by atomic mass is 10.0. The third-order valence-corrected chi connectivity index (χ3v) is 4.55. The van der Waals surface area contributed by atoms with Gasteiger partial charge in [-0.05, 0) is 29.7 Å². The van der Waals surface area contributed by atoms with Gasteiger partial charge in [-0.2, -0.15) is 11.8 Å². The number of hydrogen-bond acceptors (Lipinski definition) is 2. The zero-order valence-corrected chi connectivity index (χ0v) is 10.7. The molecule has 2 rings (SSSR count). The number of aliphatic hydroxyl groups excluding tert-OH is 1. The minimum atomic E-state index is -0.544. The molecular formula is C11H12BrFOS. The summed E-state index contributed by atoms with van der Waals surface area (Å²) in [5, 5.41) is 10.4. The van der Waals surface area contributed by atoms with E-state index in [1.807, 2.05) is 0 Å². The van der Waals surface area contributed by atoms with Crippen LogP contribution < -0.4 is 0 Å². The predicted molar refractivity (Wildman–Crippen MR) is 64.4 cm³/mol. The Labute approximate surface area is 101 Å². The first-order chi connectivity index (χ1) is 7.08. The van der Waals surface area contributed by atoms with Crippen LogP contribution in [0.2, 0.25) is 0 Å². The highest BCUT2D eigenvalue weighted by atomic mass is 79.9. The van der Waals surface area contributed by atoms with E-state index in [-0.39, 0.29) is 5.82 Å². The molecule has 1 aliphatic heterocycles. The molecule has 1 unspecified atom stereocenters. The van der Waals surface area contributed by atoms with Crippen molar-refractivity contribution in [1.82, 2.24) is 0 Å². The molecule has 0 bridgehead atoms. The third kappa shape index (κ3) is 2.37. The van der Waals surface area contributed by atoms with Crippen molar-refractivity contribution in [2.24, 2.45) is 0 Å². The maximum atomic E-state index is 13.2. The monoisotopic (exact) mass is 290 g/mol. The van der Waals surface area contributed by atoms with E-state index in [4.69, 9.17) is 0 Å². The molecule has 2 atom stereocenters. The highest BCUT2D eigenvalue weighted by molar-refractivity contribution is 9.10. The second-order valence-corrected chi connectivity index (χ2v) is 6.11. The minimum Gasteiger partial charge on any atom is -0.388 e. The molecule has 1 aromatic rings. The SMILES string of the molecule is CC1C[C@@H](O)c2cc(F)cc(Br)c2CS1. The lowest BCUT2D eigenvalue weighted by Crippen LogP contribution is -2.04. The Bertz CT molecular complexity index is 383. The number of halogens is 2. The smallest absolute Gasteiger partial charge is 0.124 e. The summed E-state index contributed by atoms with van der Waals surface area (Å²) < 4.78 is 14.0. The van der Waals surface area contributed by atoms with Crippen molar-refractivity contribution in [2.75, 3.05) is 0 Å². The van der Waals surface area contributed by atoms with Gasteiger partial charge < -0.3 is 5.11 Å². The lowest BCUT2D eigenvalue weighted by molar-refractivity contribution is 0.168. The highest BCUT2D eigenvalue weighted by Gasteiger charge is 2.23. The Morgan fingerprint density at radius 1 is 1.53 bits per heavy atom. The summed E-state index contributed by atoms with van der Waals surface area (Å²) in [5.41, 5.74) is 1.76. The Balaban J connectivity index is 2.48. The van der Waals surface area contributed by atoms with Gasteiger partial charge in [0.25, 0.3) is 0 Å². The Hall–Kier alpha value is -0.0600. The number of fused-ring (bicyclic) bond motifs is 1. The van der Waals surface area contributed by atoms with Gasteiger partial charge in [0.05, 0.1) is 6.10 Å². The molecule has 0 spiro atoms. The molecule has 1 aliphatic rings. The quantitative estimate of drug-likeness (QED) is 0.787. The standard InChI is InChI=1S/C11H12BrFOS/c1-6-2-11(14)8-3-7(13)4-10(12)9(8)5-15-6/h3-4,6,11,14H,2,5H2,1H3/t6?,11-/m1/s1. The topological polar surface area (TPSA) is 20.2 Å². The molecule has 1 heterocycles. The Morgan fingerprint density at radius 2 is 2.27 bits per heavy atom. The number of benzene rings is 1. The molecule has 1 nitrogen and oxygen atoms in total. The van der Waals surface area contributed by atoms with Crippen LogP contribution in [0.5, 0.6) is 0 Å². The number of hydrogen-bond donors (Lipinski definition) is 1. The summed E-state index contributed by atoms with van der Waals surface area (Å²) in [6.45, 7) is 2.09. The van der Waals surface area contributed by atoms with Crippen LogP contribution in [-0.2, 0) is 5.75 Å². The summed E-state index contributed by atoms with van der Waals surface area (Å²) in [5.74, 6) is 0.535. The highest BCUT2D eigenvalue weighted by Crippen LogP contribution is 2.38. The van der Waals surface area contributed by atoms with Gasteiger partial charge in [-0.1, -0.05) is 22.9 Å². The predicted octanol–water partition coefficient (Wildman–Crippen LogP) is 3.65. The molecule has 82 valence electrons. The summed E-state index contributed by atoms with van der Waals surface area (Å²) >= 11 is 5.14. The van der Waals surface area contributed by atoms with Crippen molar-refractivity contribution in [2.45, 2.75) is 30.5 Å². The molecule has 0 aromatic heterocycles. The van der Waals surface area contributed by atoms with Crippen molar-refractivity contribution in [3.8, 4) is 0 Å². The first kappa shape index (κ1) is 11.4. The van der Waals surface area contributed by atoms with E-state index in [1.165, 1.54) is 12.1 Å². The number of thioether (sulfide) groups is 1. The largest absolute Gasteiger partial charge is 0.388 e. The van der Waals surface area contributed by atoms with E-state index in [0.29, 0.717) is 11.7 Å². The van der Waals surface area contributed by atoms with Crippen LogP contribution in [0.1, 0.15) is 30.6 Å². The first-order valence-corrected chi connectivity index (χ1v) is 6.69. The Kier molecular flexibility index (Phi) is 3.38. The van der Waals surface area contributed by atoms with Crippen LogP contribution >= 0.6 is 27.7 Å². The number of rotatable bonds is 0. The summed E-state index contributed by atoms with van der Waals surface area (Å²) in [6, 6.07) is 2.91. The van der Waals surface area contributed by atoms with Crippen molar-refractivity contribution in [3.05, 3.63) is 33.5 Å². The normalized spacial score (nSPS) is 25.9. The van der Waals surface area contributed by atoms with Gasteiger partial charge in [0.1, 0.15) is 5.82 Å². The fourth-order valence-electron chi connectivity index (χ4n) is 1.81. The average Bonchev–Trinajstić information content (AvgIpc) is 2.27. The van der Waals surface area contributed by atoms with E-state index in [1.54, 1.807) is 11.8 Å². The van der Waals surface area contributed by atoms with Crippen molar-refractivity contribution < 1.29 is 9.50 Å². The van der Waals surface area contributed by atoms with Gasteiger partial charge >= 0.3 is 0 Å². The van der Waals surface area contributed by atoms with E-state index in [0.717, 1.165) is 21.4 Å². The molecule has 0 saturated carbocycles. The minimum absolute atomic E-state index is 0.292. The molecule has 0 fully saturated rings. The van der Waals surface area contributed by atoms with E-state index in [9.17, 15) is 9.50 Å². The second kappa shape index (κ2) is 4.44. The molecule has 0 amide bonds. The first-order valence-electron chi connectivity index (χ1n) is 4.85. The van der Waals surface area contributed by atoms with Gasteiger partial charge in [0.15, 0.2) is 0 Å².